The van der Waals surface area contributed by atoms with Gasteiger partial charge in [-0.05, 0) is 167 Å². The lowest BCUT2D eigenvalue weighted by Crippen LogP contribution is -2.41. The number of likely N-dealkylation sites (tertiary alicyclic amines) is 1. The first-order valence-electron chi connectivity index (χ1n) is 39.4. The average molecular weight is 1810 g/mol. The van der Waals surface area contributed by atoms with Crippen LogP contribution >= 0.6 is 11.6 Å². The number of hydrogen-bond donors (Lipinski definition) is 6. The normalized spacial score (nSPS) is 14.2. The van der Waals surface area contributed by atoms with Crippen molar-refractivity contribution >= 4 is 92.2 Å². The van der Waals surface area contributed by atoms with Crippen molar-refractivity contribution in [1.82, 2.24) is 40.1 Å². The number of hydrogen-bond acceptors (Lipinski definition) is 20. The summed E-state index contributed by atoms with van der Waals surface area (Å²) in [5, 5.41) is 37.1. The summed E-state index contributed by atoms with van der Waals surface area (Å²) in [6.07, 6.45) is -12.7. The van der Waals surface area contributed by atoms with Gasteiger partial charge < -0.3 is 69.2 Å². The smallest absolute Gasteiger partial charge is 0.492 e. The molecular formula is C89H81BClF15N10O12. The number of rotatable bonds is 14. The van der Waals surface area contributed by atoms with E-state index in [-0.39, 0.29) is 39.8 Å². The van der Waals surface area contributed by atoms with Crippen LogP contribution in [0.2, 0.25) is 5.28 Å². The molecule has 674 valence electrons. The Bertz CT molecular complexity index is 6030. The van der Waals surface area contributed by atoms with Gasteiger partial charge in [0.15, 0.2) is 0 Å². The van der Waals surface area contributed by atoms with E-state index in [9.17, 15) is 70.7 Å². The minimum Gasteiger partial charge on any atom is -0.497 e. The second kappa shape index (κ2) is 39.3. The Labute approximate surface area is 726 Å². The lowest BCUT2D eigenvalue weighted by atomic mass is 9.79. The van der Waals surface area contributed by atoms with Crippen LogP contribution in [0.1, 0.15) is 103 Å². The zero-order chi connectivity index (χ0) is 92.5. The molecule has 0 aliphatic carbocycles. The maximum atomic E-state index is 13.4. The van der Waals surface area contributed by atoms with Crippen LogP contribution < -0.4 is 49.8 Å². The number of alkyl halides is 15. The number of benzene rings is 9. The number of nitrogens with zero attached hydrogens (tertiary/aromatic N) is 7. The monoisotopic (exact) mass is 1810 g/mol. The van der Waals surface area contributed by atoms with Gasteiger partial charge in [0.05, 0.1) is 91.8 Å². The van der Waals surface area contributed by atoms with Crippen LogP contribution in [0.5, 0.6) is 34.5 Å². The molecule has 0 radical (unpaired) electrons. The molecule has 4 aliphatic rings. The van der Waals surface area contributed by atoms with Crippen molar-refractivity contribution in [3.63, 3.8) is 0 Å². The third kappa shape index (κ3) is 22.6. The van der Waals surface area contributed by atoms with Gasteiger partial charge in [0, 0.05) is 111 Å². The van der Waals surface area contributed by atoms with E-state index < -0.39 is 71.8 Å². The summed E-state index contributed by atoms with van der Waals surface area (Å²) in [6, 6.07) is 37.3. The van der Waals surface area contributed by atoms with Gasteiger partial charge >= 0.3 is 50.1 Å². The fraction of sp³-hybridized carbons (Fsp3) is 0.303. The van der Waals surface area contributed by atoms with Gasteiger partial charge in [0.25, 0.3) is 0 Å². The number of carbonyl (C=O) groups is 2. The van der Waals surface area contributed by atoms with Crippen LogP contribution in [0.3, 0.4) is 0 Å². The first-order chi connectivity index (χ1) is 60.5. The fourth-order valence-corrected chi connectivity index (χ4v) is 15.1. The molecular weight excluding hydrogens is 1730 g/mol. The van der Waals surface area contributed by atoms with Gasteiger partial charge in [-0.1, -0.05) is 78.9 Å². The van der Waals surface area contributed by atoms with Crippen molar-refractivity contribution in [3.05, 3.63) is 220 Å². The van der Waals surface area contributed by atoms with Crippen LogP contribution in [-0.4, -0.2) is 149 Å². The molecule has 0 spiro atoms. The van der Waals surface area contributed by atoms with E-state index in [1.807, 2.05) is 63.2 Å². The number of carboxylic acids is 1. The predicted octanol–water partition coefficient (Wildman–Crippen LogP) is 20.6. The maximum absolute atomic E-state index is 13.4. The Morgan fingerprint density at radius 3 is 1.20 bits per heavy atom. The highest BCUT2D eigenvalue weighted by molar-refractivity contribution is 6.59. The Kier molecular flexibility index (Phi) is 29.0. The van der Waals surface area contributed by atoms with Crippen LogP contribution in [0.25, 0.3) is 66.1 Å². The van der Waals surface area contributed by atoms with E-state index in [1.54, 1.807) is 47.8 Å². The molecule has 0 saturated carbocycles. The summed E-state index contributed by atoms with van der Waals surface area (Å²) in [6.45, 7) is 10.1. The van der Waals surface area contributed by atoms with E-state index >= 15 is 0 Å². The summed E-state index contributed by atoms with van der Waals surface area (Å²) < 4.78 is 225. The number of aliphatic carboxylic acids is 1. The van der Waals surface area contributed by atoms with Gasteiger partial charge in [-0.2, -0.15) is 65.9 Å². The van der Waals surface area contributed by atoms with Crippen LogP contribution in [0, 0.1) is 0 Å². The first-order valence-corrected chi connectivity index (χ1v) is 39.8. The molecule has 7 heterocycles. The molecule has 22 nitrogen and oxygen atoms in total. The highest BCUT2D eigenvalue weighted by atomic mass is 35.5. The van der Waals surface area contributed by atoms with Crippen molar-refractivity contribution in [1.29, 1.82) is 0 Å². The quantitative estimate of drug-likeness (QED) is 0.0335. The molecule has 1 amide bonds. The Balaban J connectivity index is 0.000000160. The number of carbonyl (C=O) groups excluding carboxylic acids is 1. The number of amides is 1. The highest BCUT2D eigenvalue weighted by Crippen LogP contribution is 2.48. The number of nitrogens with one attached hydrogen (secondary N) is 3. The zero-order valence-electron chi connectivity index (χ0n) is 69.1. The number of para-hydroxylation sites is 3. The summed E-state index contributed by atoms with van der Waals surface area (Å²) in [5.74, 6) is 0.523. The van der Waals surface area contributed by atoms with Crippen LogP contribution in [0.15, 0.2) is 170 Å². The van der Waals surface area contributed by atoms with Crippen molar-refractivity contribution < 1.29 is 124 Å². The summed E-state index contributed by atoms with van der Waals surface area (Å²) in [4.78, 5) is 49.8. The molecule has 128 heavy (non-hydrogen) atoms. The number of methoxy groups -OCH3 is 4. The third-order valence-electron chi connectivity index (χ3n) is 21.0. The van der Waals surface area contributed by atoms with Gasteiger partial charge in [-0.3, -0.25) is 0 Å². The molecule has 2 saturated heterocycles. The second-order valence-corrected chi connectivity index (χ2v) is 30.7. The molecule has 3 aromatic heterocycles. The van der Waals surface area contributed by atoms with Crippen LogP contribution in [-0.2, 0) is 47.1 Å². The first kappa shape index (κ1) is 94.5. The predicted molar refractivity (Wildman–Crippen MR) is 449 cm³/mol. The van der Waals surface area contributed by atoms with Gasteiger partial charge in [-0.15, -0.1) is 0 Å². The van der Waals surface area contributed by atoms with Crippen molar-refractivity contribution in [2.24, 2.45) is 0 Å². The summed E-state index contributed by atoms with van der Waals surface area (Å²) >= 11 is 5.83. The third-order valence-corrected chi connectivity index (χ3v) is 21.2. The SMILES string of the molecule is COc1cc(C(F)(F)F)ccc1-c1cccc2cnc(Cl)nc12.COc1cc(C(F)(F)F)ccc1-c1cccc2cnc(Nc3ccc(C4CCN(C(=O)OC(C)(C)C)CC4)c4c3OCC4)nc12.COc1cc(C(F)(F)F)ccc1-c1cccc2cnc(Nc3ccc(C4CCNCC4)c4c3OCC4)nc12.COc1cc(C(F)(F)F)ccc1B(O)O.O=C(O)C(F)(F)F. The molecule has 9 aromatic carbocycles. The maximum Gasteiger partial charge on any atom is 0.492 e. The minimum atomic E-state index is -5.08. The molecule has 16 rings (SSSR count). The lowest BCUT2D eigenvalue weighted by molar-refractivity contribution is -0.192. The average Bonchev–Trinajstić information content (AvgIpc) is 1.05. The summed E-state index contributed by atoms with van der Waals surface area (Å²) in [5.41, 5.74) is 7.80. The topological polar surface area (TPSA) is 276 Å². The number of fused-ring (bicyclic) bond motifs is 5. The van der Waals surface area contributed by atoms with Gasteiger partial charge in [0.1, 0.15) is 40.1 Å². The van der Waals surface area contributed by atoms with Crippen molar-refractivity contribution in [2.75, 3.05) is 78.5 Å². The standard InChI is InChI=1S/C34H35F3N4O4.C29H27F3N4O2.C16H10ClF3N2O.C8H8BF3O3.C2HF3O2/c1-33(2,3)45-32(42)41-15-12-20(13-16-41)23-10-11-27(30-26(23)14-17-44-30)39-31-38-19-21-6-5-7-25(29(21)40-31)24-9-8-22(34(35,36)37)18-28(24)43-4;1-37-25-15-19(29(30,31)32)5-6-21(25)22-4-2-3-18-16-34-28(36-26(18)22)35-24-8-7-20(17-9-12-33-13-10-17)23-11-14-38-27(23)24;1-23-13-7-10(16(18,19)20)5-6-11(13)12-4-2-3-9-8-21-15(17)22-14(9)12;1-15-7-4-5(8(10,11)12)2-3-6(7)9(13)14;3-2(4,5)1(6)7/h5-11,18-20H,12-17H2,1-4H3,(H,38,39,40);2-8,15-17,33H,9-14H2,1H3,(H,34,35,36);2-8H,1H3;2-4,13-14H,1H3;(H,6,7). The Morgan fingerprint density at radius 2 is 0.836 bits per heavy atom. The van der Waals surface area contributed by atoms with E-state index in [2.05, 4.69) is 52.8 Å². The fourth-order valence-electron chi connectivity index (χ4n) is 15.0. The lowest BCUT2D eigenvalue weighted by Gasteiger charge is -2.34. The number of halogens is 16. The number of anilines is 4. The van der Waals surface area contributed by atoms with E-state index in [1.165, 1.54) is 56.2 Å². The molecule has 0 bridgehead atoms. The van der Waals surface area contributed by atoms with E-state index in [4.69, 9.17) is 69.9 Å². The number of aromatic nitrogens is 6. The Morgan fingerprint density at radius 1 is 0.477 bits per heavy atom. The van der Waals surface area contributed by atoms with Gasteiger partial charge in [-0.25, -0.2) is 39.5 Å². The minimum absolute atomic E-state index is 0.0656. The molecule has 6 N–H and O–H groups in total. The highest BCUT2D eigenvalue weighted by Gasteiger charge is 2.40. The second-order valence-electron chi connectivity index (χ2n) is 30.4. The molecule has 0 atom stereocenters. The number of ether oxygens (including phenoxy) is 7. The zero-order valence-corrected chi connectivity index (χ0v) is 69.8. The molecule has 0 unspecified atom stereocenters. The van der Waals surface area contributed by atoms with E-state index in [0.29, 0.717) is 100.0 Å². The molecule has 2 fully saturated rings. The van der Waals surface area contributed by atoms with Gasteiger partial charge in [0.2, 0.25) is 17.2 Å². The number of carboxylic acid groups (broad SMARTS) is 1. The van der Waals surface area contributed by atoms with Crippen molar-refractivity contribution in [3.8, 4) is 67.9 Å². The van der Waals surface area contributed by atoms with E-state index in [0.717, 1.165) is 158 Å². The molecule has 4 aliphatic heterocycles. The summed E-state index contributed by atoms with van der Waals surface area (Å²) in [7, 11) is 3.33. The Hall–Kier alpha value is -12.7. The van der Waals surface area contributed by atoms with Crippen LogP contribution in [0.4, 0.5) is 93.9 Å². The molecule has 12 aromatic rings. The van der Waals surface area contributed by atoms with Crippen molar-refractivity contribution in [2.45, 2.75) is 108 Å². The number of piperidine rings is 2. The molecule has 39 heteroatoms. The largest absolute Gasteiger partial charge is 0.497 e.